The van der Waals surface area contributed by atoms with Gasteiger partial charge in [-0.3, -0.25) is 0 Å². The van der Waals surface area contributed by atoms with Gasteiger partial charge in [-0.05, 0) is 6.42 Å². The molecule has 0 bridgehead atoms. The highest BCUT2D eigenvalue weighted by Crippen LogP contribution is 2.28. The average molecular weight is 196 g/mol. The molecule has 70 valence electrons. The summed E-state index contributed by atoms with van der Waals surface area (Å²) < 4.78 is 5.14. The van der Waals surface area contributed by atoms with E-state index in [9.17, 15) is 0 Å². The normalized spacial score (nSPS) is 11.7. The van der Waals surface area contributed by atoms with Crippen molar-refractivity contribution in [3.63, 3.8) is 0 Å². The molecule has 0 amide bonds. The SMILES string of the molecule is CC.CCSSC(CC)OC. The van der Waals surface area contributed by atoms with Crippen LogP contribution in [0.5, 0.6) is 0 Å². The molecule has 0 radical (unpaired) electrons. The van der Waals surface area contributed by atoms with Crippen molar-refractivity contribution in [2.45, 2.75) is 39.6 Å². The van der Waals surface area contributed by atoms with Gasteiger partial charge < -0.3 is 4.74 Å². The molecule has 0 N–H and O–H groups in total. The first-order valence-corrected chi connectivity index (χ1v) is 6.54. The zero-order valence-electron chi connectivity index (χ0n) is 8.22. The number of ether oxygens (including phenoxy) is 1. The Bertz CT molecular complexity index is 56.1. The molecule has 0 aliphatic rings. The van der Waals surface area contributed by atoms with Crippen molar-refractivity contribution < 1.29 is 4.74 Å². The minimum absolute atomic E-state index is 0.384. The fourth-order valence-electron chi connectivity index (χ4n) is 0.418. The van der Waals surface area contributed by atoms with E-state index in [1.54, 1.807) is 7.11 Å². The smallest absolute Gasteiger partial charge is 0.112 e. The Hall–Kier alpha value is 0.660. The molecule has 3 heteroatoms. The maximum absolute atomic E-state index is 5.14. The predicted molar refractivity (Wildman–Crippen MR) is 58.2 cm³/mol. The Kier molecular flexibility index (Phi) is 17.1. The highest BCUT2D eigenvalue weighted by molar-refractivity contribution is 8.76. The summed E-state index contributed by atoms with van der Waals surface area (Å²) in [5, 5.41) is 0. The molecule has 0 aliphatic heterocycles. The lowest BCUT2D eigenvalue weighted by Crippen LogP contribution is -2.00. The maximum atomic E-state index is 5.14. The van der Waals surface area contributed by atoms with Gasteiger partial charge in [0.25, 0.3) is 0 Å². The topological polar surface area (TPSA) is 9.23 Å². The molecule has 0 saturated carbocycles. The lowest BCUT2D eigenvalue weighted by molar-refractivity contribution is 0.171. The van der Waals surface area contributed by atoms with Gasteiger partial charge in [0.05, 0.1) is 0 Å². The number of methoxy groups -OCH3 is 1. The van der Waals surface area contributed by atoms with Gasteiger partial charge in [0.2, 0.25) is 0 Å². The van der Waals surface area contributed by atoms with E-state index in [4.69, 9.17) is 4.74 Å². The summed E-state index contributed by atoms with van der Waals surface area (Å²) in [6.45, 7) is 8.29. The van der Waals surface area contributed by atoms with E-state index < -0.39 is 0 Å². The molecule has 0 heterocycles. The Balaban J connectivity index is 0. The fraction of sp³-hybridized carbons (Fsp3) is 1.00. The Morgan fingerprint density at radius 1 is 1.27 bits per heavy atom. The van der Waals surface area contributed by atoms with Gasteiger partial charge in [0, 0.05) is 12.9 Å². The van der Waals surface area contributed by atoms with Gasteiger partial charge in [-0.2, -0.15) is 0 Å². The van der Waals surface area contributed by atoms with Crippen LogP contribution in [0.25, 0.3) is 0 Å². The van der Waals surface area contributed by atoms with Crippen LogP contribution in [0.3, 0.4) is 0 Å². The van der Waals surface area contributed by atoms with Crippen molar-refractivity contribution in [2.75, 3.05) is 12.9 Å². The summed E-state index contributed by atoms with van der Waals surface area (Å²) in [6.07, 6.45) is 1.09. The molecular formula is C8H20OS2. The highest BCUT2D eigenvalue weighted by atomic mass is 33.1. The summed E-state index contributed by atoms with van der Waals surface area (Å²) in [5.41, 5.74) is 0.384. The average Bonchev–Trinajstić information content (AvgIpc) is 2.10. The zero-order chi connectivity index (χ0) is 9.11. The van der Waals surface area contributed by atoms with Crippen LogP contribution in [-0.2, 0) is 4.74 Å². The second-order valence-electron chi connectivity index (χ2n) is 1.58. The molecule has 0 rings (SSSR count). The minimum Gasteiger partial charge on any atom is -0.370 e. The zero-order valence-corrected chi connectivity index (χ0v) is 9.85. The van der Waals surface area contributed by atoms with Crippen LogP contribution in [0, 0.1) is 0 Å². The third-order valence-corrected chi connectivity index (χ3v) is 3.76. The van der Waals surface area contributed by atoms with Crippen LogP contribution in [-0.4, -0.2) is 18.3 Å². The summed E-state index contributed by atoms with van der Waals surface area (Å²) in [7, 11) is 5.43. The molecule has 1 unspecified atom stereocenters. The van der Waals surface area contributed by atoms with Gasteiger partial charge in [0.1, 0.15) is 5.44 Å². The van der Waals surface area contributed by atoms with E-state index in [2.05, 4.69) is 13.8 Å². The third-order valence-electron chi connectivity index (χ3n) is 0.889. The molecule has 1 nitrogen and oxygen atoms in total. The number of hydrogen-bond acceptors (Lipinski definition) is 3. The second-order valence-corrected chi connectivity index (χ2v) is 4.39. The minimum atomic E-state index is 0.384. The molecule has 1 atom stereocenters. The number of hydrogen-bond donors (Lipinski definition) is 0. The van der Waals surface area contributed by atoms with Crippen LogP contribution in [0.4, 0.5) is 0 Å². The summed E-state index contributed by atoms with van der Waals surface area (Å²) in [6, 6.07) is 0. The molecule has 0 aromatic carbocycles. The summed E-state index contributed by atoms with van der Waals surface area (Å²) in [5.74, 6) is 1.16. The fourth-order valence-corrected chi connectivity index (χ4v) is 2.43. The van der Waals surface area contributed by atoms with Gasteiger partial charge >= 0.3 is 0 Å². The highest BCUT2D eigenvalue weighted by Gasteiger charge is 2.02. The van der Waals surface area contributed by atoms with E-state index in [1.165, 1.54) is 0 Å². The van der Waals surface area contributed by atoms with E-state index in [0.29, 0.717) is 5.44 Å². The van der Waals surface area contributed by atoms with E-state index >= 15 is 0 Å². The van der Waals surface area contributed by atoms with E-state index in [0.717, 1.165) is 12.2 Å². The standard InChI is InChI=1S/C6H14OS2.C2H6/c1-4-6(7-3)9-8-5-2;1-2/h6H,4-5H2,1-3H3;1-2H3. The lowest BCUT2D eigenvalue weighted by Gasteiger charge is -2.09. The number of rotatable bonds is 5. The molecule has 0 aliphatic carbocycles. The van der Waals surface area contributed by atoms with Crippen molar-refractivity contribution in [2.24, 2.45) is 0 Å². The van der Waals surface area contributed by atoms with Crippen LogP contribution >= 0.6 is 21.6 Å². The largest absolute Gasteiger partial charge is 0.370 e. The van der Waals surface area contributed by atoms with Crippen LogP contribution in [0.2, 0.25) is 0 Å². The van der Waals surface area contributed by atoms with Crippen LogP contribution < -0.4 is 0 Å². The van der Waals surface area contributed by atoms with Crippen molar-refractivity contribution >= 4 is 21.6 Å². The Labute approximate surface area is 79.1 Å². The molecule has 11 heavy (non-hydrogen) atoms. The van der Waals surface area contributed by atoms with Gasteiger partial charge in [0.15, 0.2) is 0 Å². The molecule has 0 aromatic heterocycles. The van der Waals surface area contributed by atoms with Crippen molar-refractivity contribution in [3.05, 3.63) is 0 Å². The first kappa shape index (κ1) is 14.2. The van der Waals surface area contributed by atoms with Gasteiger partial charge in [-0.15, -0.1) is 0 Å². The first-order valence-electron chi connectivity index (χ1n) is 4.16. The monoisotopic (exact) mass is 196 g/mol. The third kappa shape index (κ3) is 10.7. The Morgan fingerprint density at radius 2 is 1.82 bits per heavy atom. The van der Waals surface area contributed by atoms with Gasteiger partial charge in [-0.25, -0.2) is 0 Å². The Morgan fingerprint density at radius 3 is 2.09 bits per heavy atom. The quantitative estimate of drug-likeness (QED) is 0.489. The van der Waals surface area contributed by atoms with Crippen LogP contribution in [0.15, 0.2) is 0 Å². The predicted octanol–water partition coefficient (Wildman–Crippen LogP) is 3.80. The molecule has 0 fully saturated rings. The lowest BCUT2D eigenvalue weighted by atomic mass is 10.5. The van der Waals surface area contributed by atoms with Crippen LogP contribution in [0.1, 0.15) is 34.1 Å². The molecule has 0 spiro atoms. The van der Waals surface area contributed by atoms with Crippen molar-refractivity contribution in [1.82, 2.24) is 0 Å². The molecule has 0 saturated heterocycles. The molecule has 0 aromatic rings. The van der Waals surface area contributed by atoms with E-state index in [1.807, 2.05) is 35.4 Å². The summed E-state index contributed by atoms with van der Waals surface area (Å²) >= 11 is 0. The van der Waals surface area contributed by atoms with Gasteiger partial charge in [-0.1, -0.05) is 49.3 Å². The van der Waals surface area contributed by atoms with Crippen molar-refractivity contribution in [1.29, 1.82) is 0 Å². The van der Waals surface area contributed by atoms with E-state index in [-0.39, 0.29) is 0 Å². The summed E-state index contributed by atoms with van der Waals surface area (Å²) in [4.78, 5) is 0. The van der Waals surface area contributed by atoms with Crippen molar-refractivity contribution in [3.8, 4) is 0 Å². The maximum Gasteiger partial charge on any atom is 0.112 e. The molecular weight excluding hydrogens is 176 g/mol. The first-order chi connectivity index (χ1) is 5.35. The second kappa shape index (κ2) is 13.3.